The van der Waals surface area contributed by atoms with Crippen LogP contribution >= 0.6 is 11.6 Å². The quantitative estimate of drug-likeness (QED) is 0.631. The molecule has 0 spiro atoms. The second-order valence-electron chi connectivity index (χ2n) is 4.28. The minimum atomic E-state index is -3.64. The lowest BCUT2D eigenvalue weighted by atomic mass is 10.2. The van der Waals surface area contributed by atoms with E-state index < -0.39 is 10.0 Å². The zero-order valence-electron chi connectivity index (χ0n) is 12.0. The van der Waals surface area contributed by atoms with Gasteiger partial charge in [0.05, 0.1) is 5.02 Å². The monoisotopic (exact) mass is 331 g/mol. The topological polar surface area (TPSA) is 66.8 Å². The van der Waals surface area contributed by atoms with Crippen LogP contribution in [0, 0.1) is 11.8 Å². The summed E-state index contributed by atoms with van der Waals surface area (Å²) in [7, 11) is -0.571. The highest BCUT2D eigenvalue weighted by molar-refractivity contribution is 7.89. The summed E-state index contributed by atoms with van der Waals surface area (Å²) < 4.78 is 30.9. The first-order chi connectivity index (χ1) is 9.93. The van der Waals surface area contributed by atoms with E-state index in [0.717, 1.165) is 0 Å². The maximum absolute atomic E-state index is 12.4. The molecule has 0 aliphatic heterocycles. The highest BCUT2D eigenvalue weighted by Crippen LogP contribution is 2.25. The Balaban J connectivity index is 2.98. The van der Waals surface area contributed by atoms with E-state index in [0.29, 0.717) is 25.1 Å². The van der Waals surface area contributed by atoms with Gasteiger partial charge in [0.2, 0.25) is 10.0 Å². The predicted molar refractivity (Wildman–Crippen MR) is 81.7 cm³/mol. The maximum atomic E-state index is 12.4. The van der Waals surface area contributed by atoms with E-state index in [-0.39, 0.29) is 16.5 Å². The van der Waals surface area contributed by atoms with Gasteiger partial charge in [-0.05, 0) is 24.6 Å². The highest BCUT2D eigenvalue weighted by Gasteiger charge is 2.23. The van der Waals surface area contributed by atoms with Crippen LogP contribution in [0.4, 0.5) is 0 Å². The summed E-state index contributed by atoms with van der Waals surface area (Å²) in [4.78, 5) is 0.0404. The van der Waals surface area contributed by atoms with Gasteiger partial charge >= 0.3 is 0 Å². The van der Waals surface area contributed by atoms with Crippen LogP contribution in [0.5, 0.6) is 0 Å². The van der Waals surface area contributed by atoms with Crippen LogP contribution < -0.4 is 0 Å². The summed E-state index contributed by atoms with van der Waals surface area (Å²) >= 11 is 6.04. The molecule has 21 heavy (non-hydrogen) atoms. The molecule has 0 saturated carbocycles. The standard InChI is InChI=1S/C14H18ClNO4S/c1-16(8-4-10-20-2)21(18,19)14-7-6-12(5-3-9-17)11-13(14)15/h6-7,11,17H,4,8-10H2,1-2H3. The molecule has 5 nitrogen and oxygen atoms in total. The van der Waals surface area contributed by atoms with Crippen molar-refractivity contribution in [1.29, 1.82) is 0 Å². The van der Waals surface area contributed by atoms with Gasteiger partial charge in [-0.1, -0.05) is 23.4 Å². The zero-order chi connectivity index (χ0) is 15.9. The Morgan fingerprint density at radius 1 is 1.43 bits per heavy atom. The van der Waals surface area contributed by atoms with Gasteiger partial charge < -0.3 is 9.84 Å². The number of sulfonamides is 1. The molecule has 0 aliphatic rings. The molecule has 0 aromatic heterocycles. The predicted octanol–water partition coefficient (Wildman–Crippen LogP) is 1.34. The van der Waals surface area contributed by atoms with E-state index in [2.05, 4.69) is 11.8 Å². The van der Waals surface area contributed by atoms with E-state index in [4.69, 9.17) is 21.4 Å². The first kappa shape index (κ1) is 18.0. The molecule has 1 rings (SSSR count). The average Bonchev–Trinajstić information content (AvgIpc) is 2.45. The third-order valence-electron chi connectivity index (χ3n) is 2.75. The Morgan fingerprint density at radius 3 is 2.71 bits per heavy atom. The third kappa shape index (κ3) is 4.99. The number of rotatable bonds is 6. The van der Waals surface area contributed by atoms with Gasteiger partial charge in [-0.2, -0.15) is 0 Å². The van der Waals surface area contributed by atoms with Gasteiger partial charge in [0.25, 0.3) is 0 Å². The molecule has 0 aliphatic carbocycles. The zero-order valence-corrected chi connectivity index (χ0v) is 13.5. The molecule has 0 unspecified atom stereocenters. The number of methoxy groups -OCH3 is 1. The number of aliphatic hydroxyl groups excluding tert-OH is 1. The molecule has 0 heterocycles. The Labute approximate surface area is 130 Å². The van der Waals surface area contributed by atoms with Crippen molar-refractivity contribution in [3.63, 3.8) is 0 Å². The smallest absolute Gasteiger partial charge is 0.244 e. The van der Waals surface area contributed by atoms with Crippen LogP contribution in [0.3, 0.4) is 0 Å². The summed E-state index contributed by atoms with van der Waals surface area (Å²) in [6, 6.07) is 4.45. The summed E-state index contributed by atoms with van der Waals surface area (Å²) in [6.07, 6.45) is 0.601. The fourth-order valence-electron chi connectivity index (χ4n) is 1.65. The molecule has 0 radical (unpaired) electrons. The molecule has 0 saturated heterocycles. The number of hydrogen-bond donors (Lipinski definition) is 1. The van der Waals surface area contributed by atoms with Crippen molar-refractivity contribution in [3.05, 3.63) is 28.8 Å². The molecule has 0 amide bonds. The van der Waals surface area contributed by atoms with E-state index in [1.54, 1.807) is 13.2 Å². The Morgan fingerprint density at radius 2 is 2.14 bits per heavy atom. The number of halogens is 1. The Kier molecular flexibility index (Phi) is 7.15. The van der Waals surface area contributed by atoms with Crippen molar-refractivity contribution in [2.75, 3.05) is 33.9 Å². The van der Waals surface area contributed by atoms with Gasteiger partial charge in [0, 0.05) is 32.9 Å². The number of ether oxygens (including phenoxy) is 1. The minimum Gasteiger partial charge on any atom is -0.385 e. The van der Waals surface area contributed by atoms with E-state index >= 15 is 0 Å². The highest BCUT2D eigenvalue weighted by atomic mass is 35.5. The van der Waals surface area contributed by atoms with Gasteiger partial charge in [0.1, 0.15) is 11.5 Å². The van der Waals surface area contributed by atoms with E-state index in [9.17, 15) is 8.42 Å². The molecule has 116 valence electrons. The average molecular weight is 332 g/mol. The normalized spacial score (nSPS) is 11.3. The second-order valence-corrected chi connectivity index (χ2v) is 6.70. The number of hydrogen-bond acceptors (Lipinski definition) is 4. The lowest BCUT2D eigenvalue weighted by Gasteiger charge is -2.17. The van der Waals surface area contributed by atoms with E-state index in [1.165, 1.54) is 23.5 Å². The third-order valence-corrected chi connectivity index (χ3v) is 5.09. The fraction of sp³-hybridized carbons (Fsp3) is 0.429. The largest absolute Gasteiger partial charge is 0.385 e. The van der Waals surface area contributed by atoms with Crippen molar-refractivity contribution in [2.45, 2.75) is 11.3 Å². The summed E-state index contributed by atoms with van der Waals surface area (Å²) in [5.41, 5.74) is 0.551. The van der Waals surface area contributed by atoms with Crippen molar-refractivity contribution in [2.24, 2.45) is 0 Å². The van der Waals surface area contributed by atoms with Crippen molar-refractivity contribution < 1.29 is 18.3 Å². The first-order valence-corrected chi connectivity index (χ1v) is 8.10. The molecule has 1 aromatic rings. The van der Waals surface area contributed by atoms with Crippen LogP contribution in [-0.2, 0) is 14.8 Å². The molecule has 0 atom stereocenters. The van der Waals surface area contributed by atoms with Crippen molar-refractivity contribution >= 4 is 21.6 Å². The van der Waals surface area contributed by atoms with Gasteiger partial charge in [-0.25, -0.2) is 12.7 Å². The SMILES string of the molecule is COCCCN(C)S(=O)(=O)c1ccc(C#CCO)cc1Cl. The van der Waals surface area contributed by atoms with Crippen LogP contribution in [0.15, 0.2) is 23.1 Å². The van der Waals surface area contributed by atoms with Crippen LogP contribution in [-0.4, -0.2) is 51.7 Å². The molecule has 7 heteroatoms. The Bertz CT molecular complexity index is 634. The van der Waals surface area contributed by atoms with Crippen molar-refractivity contribution in [1.82, 2.24) is 4.31 Å². The minimum absolute atomic E-state index is 0.0404. The van der Waals surface area contributed by atoms with Crippen LogP contribution in [0.2, 0.25) is 5.02 Å². The van der Waals surface area contributed by atoms with Gasteiger partial charge in [0.15, 0.2) is 0 Å². The van der Waals surface area contributed by atoms with Gasteiger partial charge in [-0.15, -0.1) is 0 Å². The number of benzene rings is 1. The molecule has 0 fully saturated rings. The molecular weight excluding hydrogens is 314 g/mol. The first-order valence-electron chi connectivity index (χ1n) is 6.28. The number of nitrogens with zero attached hydrogens (tertiary/aromatic N) is 1. The molecular formula is C14H18ClNO4S. The molecule has 0 bridgehead atoms. The fourth-order valence-corrected chi connectivity index (χ4v) is 3.37. The van der Waals surface area contributed by atoms with Gasteiger partial charge in [-0.3, -0.25) is 0 Å². The Hall–Kier alpha value is -1.10. The number of aliphatic hydroxyl groups is 1. The summed E-state index contributed by atoms with van der Waals surface area (Å²) in [5, 5.41) is 8.75. The summed E-state index contributed by atoms with van der Waals surface area (Å²) in [6.45, 7) is 0.571. The maximum Gasteiger partial charge on any atom is 0.244 e. The van der Waals surface area contributed by atoms with E-state index in [1.807, 2.05) is 0 Å². The molecule has 1 aromatic carbocycles. The lowest BCUT2D eigenvalue weighted by molar-refractivity contribution is 0.189. The van der Waals surface area contributed by atoms with Crippen LogP contribution in [0.1, 0.15) is 12.0 Å². The summed E-state index contributed by atoms with van der Waals surface area (Å²) in [5.74, 6) is 5.16. The van der Waals surface area contributed by atoms with Crippen LogP contribution in [0.25, 0.3) is 0 Å². The second kappa shape index (κ2) is 8.37. The molecule has 1 N–H and O–H groups in total. The lowest BCUT2D eigenvalue weighted by Crippen LogP contribution is -2.28. The van der Waals surface area contributed by atoms with Crippen molar-refractivity contribution in [3.8, 4) is 11.8 Å².